The van der Waals surface area contributed by atoms with E-state index in [-0.39, 0.29) is 5.41 Å². The van der Waals surface area contributed by atoms with Crippen LogP contribution in [-0.2, 0) is 4.74 Å². The highest BCUT2D eigenvalue weighted by atomic mass is 16.5. The highest BCUT2D eigenvalue weighted by Crippen LogP contribution is 2.52. The normalized spacial score (nSPS) is 26.2. The quantitative estimate of drug-likeness (QED) is 0.583. The van der Waals surface area contributed by atoms with Gasteiger partial charge in [-0.25, -0.2) is 0 Å². The number of hydrogen-bond acceptors (Lipinski definition) is 1. The molecule has 0 atom stereocenters. The Bertz CT molecular complexity index is 221. The number of hydrogen-bond donors (Lipinski definition) is 0. The molecule has 0 aromatic rings. The van der Waals surface area contributed by atoms with E-state index in [9.17, 15) is 0 Å². The molecule has 0 saturated carbocycles. The van der Waals surface area contributed by atoms with Crippen molar-refractivity contribution in [2.45, 2.75) is 41.0 Å². The Morgan fingerprint density at radius 2 is 1.58 bits per heavy atom. The Kier molecular flexibility index (Phi) is 2.02. The van der Waals surface area contributed by atoms with Crippen LogP contribution in [0.25, 0.3) is 0 Å². The van der Waals surface area contributed by atoms with Gasteiger partial charge in [-0.3, -0.25) is 0 Å². The molecule has 70 valence electrons. The SMILES string of the molecule is COC1=C(C)C(C)(C)CC1(C)C. The van der Waals surface area contributed by atoms with Crippen LogP contribution < -0.4 is 0 Å². The zero-order valence-electron chi connectivity index (χ0n) is 9.12. The molecule has 0 N–H and O–H groups in total. The van der Waals surface area contributed by atoms with Crippen molar-refractivity contribution in [3.8, 4) is 0 Å². The Labute approximate surface area is 75.8 Å². The summed E-state index contributed by atoms with van der Waals surface area (Å²) in [4.78, 5) is 0. The minimum Gasteiger partial charge on any atom is -0.501 e. The molecule has 0 heterocycles. The third-order valence-corrected chi connectivity index (χ3v) is 3.06. The molecule has 0 bridgehead atoms. The van der Waals surface area contributed by atoms with Crippen LogP contribution in [0.2, 0.25) is 0 Å². The second-order valence-electron chi connectivity index (χ2n) is 5.10. The fraction of sp³-hybridized carbons (Fsp3) is 0.818. The molecule has 1 aliphatic rings. The zero-order valence-corrected chi connectivity index (χ0v) is 9.12. The van der Waals surface area contributed by atoms with Crippen LogP contribution in [0.1, 0.15) is 41.0 Å². The van der Waals surface area contributed by atoms with Gasteiger partial charge in [-0.15, -0.1) is 0 Å². The van der Waals surface area contributed by atoms with Crippen molar-refractivity contribution in [1.82, 2.24) is 0 Å². The maximum absolute atomic E-state index is 5.45. The van der Waals surface area contributed by atoms with E-state index in [1.165, 1.54) is 17.8 Å². The molecule has 0 aliphatic heterocycles. The Hall–Kier alpha value is -0.460. The standard InChI is InChI=1S/C11H20O/c1-8-9(12-6)11(4,5)7-10(8,2)3/h7H2,1-6H3. The first-order chi connectivity index (χ1) is 5.31. The second kappa shape index (κ2) is 2.51. The molecule has 1 heteroatoms. The predicted molar refractivity (Wildman–Crippen MR) is 51.9 cm³/mol. The second-order valence-corrected chi connectivity index (χ2v) is 5.10. The summed E-state index contributed by atoms with van der Waals surface area (Å²) in [6.07, 6.45) is 1.19. The van der Waals surface area contributed by atoms with Crippen molar-refractivity contribution in [3.05, 3.63) is 11.3 Å². The van der Waals surface area contributed by atoms with Crippen LogP contribution in [0.15, 0.2) is 11.3 Å². The van der Waals surface area contributed by atoms with Crippen molar-refractivity contribution in [3.63, 3.8) is 0 Å². The maximum atomic E-state index is 5.45. The minimum absolute atomic E-state index is 0.225. The molecule has 0 unspecified atom stereocenters. The van der Waals surface area contributed by atoms with E-state index in [0.29, 0.717) is 5.41 Å². The van der Waals surface area contributed by atoms with Crippen LogP contribution in [0.4, 0.5) is 0 Å². The van der Waals surface area contributed by atoms with Gasteiger partial charge in [0.2, 0.25) is 0 Å². The largest absolute Gasteiger partial charge is 0.501 e. The van der Waals surface area contributed by atoms with Crippen molar-refractivity contribution in [2.24, 2.45) is 10.8 Å². The van der Waals surface area contributed by atoms with Gasteiger partial charge in [-0.2, -0.15) is 0 Å². The molecule has 0 amide bonds. The summed E-state index contributed by atoms with van der Waals surface area (Å²) < 4.78 is 5.45. The number of allylic oxidation sites excluding steroid dienone is 2. The molecule has 0 aromatic carbocycles. The summed E-state index contributed by atoms with van der Waals surface area (Å²) in [6.45, 7) is 11.3. The molecule has 1 rings (SSSR count). The summed E-state index contributed by atoms with van der Waals surface area (Å²) in [5.41, 5.74) is 1.95. The van der Waals surface area contributed by atoms with Crippen LogP contribution in [-0.4, -0.2) is 7.11 Å². The molecule has 0 saturated heterocycles. The fourth-order valence-electron chi connectivity index (χ4n) is 2.56. The summed E-state index contributed by atoms with van der Waals surface area (Å²) in [7, 11) is 1.78. The van der Waals surface area contributed by atoms with Crippen molar-refractivity contribution in [2.75, 3.05) is 7.11 Å². The molecule has 1 aliphatic carbocycles. The van der Waals surface area contributed by atoms with Gasteiger partial charge in [0, 0.05) is 5.41 Å². The first-order valence-electron chi connectivity index (χ1n) is 4.57. The lowest BCUT2D eigenvalue weighted by Crippen LogP contribution is -2.15. The molecular weight excluding hydrogens is 148 g/mol. The average molecular weight is 168 g/mol. The van der Waals surface area contributed by atoms with E-state index in [0.717, 1.165) is 0 Å². The third-order valence-electron chi connectivity index (χ3n) is 3.06. The van der Waals surface area contributed by atoms with Crippen molar-refractivity contribution < 1.29 is 4.74 Å². The van der Waals surface area contributed by atoms with E-state index in [1.807, 2.05) is 0 Å². The van der Waals surface area contributed by atoms with Gasteiger partial charge >= 0.3 is 0 Å². The lowest BCUT2D eigenvalue weighted by molar-refractivity contribution is 0.191. The topological polar surface area (TPSA) is 9.23 Å². The van der Waals surface area contributed by atoms with Crippen LogP contribution in [0, 0.1) is 10.8 Å². The Morgan fingerprint density at radius 1 is 1.08 bits per heavy atom. The predicted octanol–water partition coefficient (Wildman–Crippen LogP) is 3.36. The van der Waals surface area contributed by atoms with Crippen molar-refractivity contribution in [1.29, 1.82) is 0 Å². The molecule has 1 nitrogen and oxygen atoms in total. The van der Waals surface area contributed by atoms with Gasteiger partial charge in [0.15, 0.2) is 0 Å². The molecule has 0 radical (unpaired) electrons. The Balaban J connectivity index is 3.10. The summed E-state index contributed by atoms with van der Waals surface area (Å²) in [5.74, 6) is 1.19. The van der Waals surface area contributed by atoms with Crippen molar-refractivity contribution >= 4 is 0 Å². The van der Waals surface area contributed by atoms with E-state index < -0.39 is 0 Å². The first kappa shape index (κ1) is 9.63. The van der Waals surface area contributed by atoms with Crippen LogP contribution >= 0.6 is 0 Å². The van der Waals surface area contributed by atoms with Gasteiger partial charge in [-0.1, -0.05) is 27.7 Å². The van der Waals surface area contributed by atoms with E-state index in [1.54, 1.807) is 7.11 Å². The van der Waals surface area contributed by atoms with Gasteiger partial charge in [0.1, 0.15) is 5.76 Å². The van der Waals surface area contributed by atoms with Gasteiger partial charge in [-0.05, 0) is 24.3 Å². The lowest BCUT2D eigenvalue weighted by atomic mass is 9.81. The molecule has 0 spiro atoms. The van der Waals surface area contributed by atoms with Gasteiger partial charge in [0.25, 0.3) is 0 Å². The van der Waals surface area contributed by atoms with E-state index in [2.05, 4.69) is 34.6 Å². The molecular formula is C11H20O. The lowest BCUT2D eigenvalue weighted by Gasteiger charge is -2.24. The van der Waals surface area contributed by atoms with Gasteiger partial charge < -0.3 is 4.74 Å². The fourth-order valence-corrected chi connectivity index (χ4v) is 2.56. The molecule has 0 aromatic heterocycles. The van der Waals surface area contributed by atoms with Gasteiger partial charge in [0.05, 0.1) is 7.11 Å². The average Bonchev–Trinajstić information content (AvgIpc) is 1.98. The highest BCUT2D eigenvalue weighted by Gasteiger charge is 2.43. The summed E-state index contributed by atoms with van der Waals surface area (Å²) in [6, 6.07) is 0. The zero-order chi connectivity index (χ0) is 9.57. The minimum atomic E-state index is 0.225. The summed E-state index contributed by atoms with van der Waals surface area (Å²) in [5, 5.41) is 0. The van der Waals surface area contributed by atoms with E-state index in [4.69, 9.17) is 4.74 Å². The Morgan fingerprint density at radius 3 is 1.75 bits per heavy atom. The third kappa shape index (κ3) is 1.26. The monoisotopic (exact) mass is 168 g/mol. The maximum Gasteiger partial charge on any atom is 0.101 e. The molecule has 12 heavy (non-hydrogen) atoms. The summed E-state index contributed by atoms with van der Waals surface area (Å²) >= 11 is 0. The number of methoxy groups -OCH3 is 1. The molecule has 0 fully saturated rings. The first-order valence-corrected chi connectivity index (χ1v) is 4.57. The number of ether oxygens (including phenoxy) is 1. The van der Waals surface area contributed by atoms with Crippen LogP contribution in [0.5, 0.6) is 0 Å². The van der Waals surface area contributed by atoms with Crippen LogP contribution in [0.3, 0.4) is 0 Å². The number of rotatable bonds is 1. The smallest absolute Gasteiger partial charge is 0.101 e. The highest BCUT2D eigenvalue weighted by molar-refractivity contribution is 5.27. The van der Waals surface area contributed by atoms with E-state index >= 15 is 0 Å².